The summed E-state index contributed by atoms with van der Waals surface area (Å²) in [7, 11) is 1.46. The van der Waals surface area contributed by atoms with E-state index in [9.17, 15) is 9.18 Å². The molecule has 0 radical (unpaired) electrons. The summed E-state index contributed by atoms with van der Waals surface area (Å²) in [6.07, 6.45) is 0.445. The van der Waals surface area contributed by atoms with Crippen molar-refractivity contribution >= 4 is 21.9 Å². The monoisotopic (exact) mass is 317 g/mol. The van der Waals surface area contributed by atoms with Gasteiger partial charge in [-0.3, -0.25) is 4.79 Å². The smallest absolute Gasteiger partial charge is 0.307 e. The van der Waals surface area contributed by atoms with Crippen LogP contribution in [0.3, 0.4) is 0 Å². The Morgan fingerprint density at radius 2 is 2.33 bits per heavy atom. The second-order valence-corrected chi connectivity index (χ2v) is 5.04. The number of carbonyl (C=O) groups is 1. The van der Waals surface area contributed by atoms with Crippen LogP contribution in [0, 0.1) is 11.7 Å². The molecule has 0 aromatic heterocycles. The lowest BCUT2D eigenvalue weighted by Crippen LogP contribution is -2.17. The molecule has 2 unspecified atom stereocenters. The number of carboxylic acid groups (broad SMARTS) is 1. The van der Waals surface area contributed by atoms with Gasteiger partial charge in [0.25, 0.3) is 0 Å². The van der Waals surface area contributed by atoms with Crippen molar-refractivity contribution in [3.8, 4) is 5.75 Å². The topological polar surface area (TPSA) is 58.6 Å². The fraction of sp³-hybridized carbons (Fsp3) is 0.417. The van der Waals surface area contributed by atoms with Gasteiger partial charge in [-0.15, -0.1) is 0 Å². The molecule has 1 fully saturated rings. The molecule has 2 rings (SSSR count). The summed E-state index contributed by atoms with van der Waals surface area (Å²) >= 11 is 3.36. The summed E-state index contributed by atoms with van der Waals surface area (Å²) in [5.41, 5.74) is 0.690. The van der Waals surface area contributed by atoms with Gasteiger partial charge in [-0.05, 0) is 34.0 Å². The molecule has 98 valence electrons. The second kappa shape index (κ2) is 5.24. The zero-order valence-corrected chi connectivity index (χ0v) is 11.3. The highest BCUT2D eigenvalue weighted by Gasteiger charge is 2.31. The number of halogens is 2. The van der Waals surface area contributed by atoms with Gasteiger partial charge >= 0.3 is 5.97 Å². The molecular weight excluding hydrogens is 305 g/mol. The van der Waals surface area contributed by atoms with Gasteiger partial charge in [0.05, 0.1) is 17.5 Å². The SMILES string of the molecule is COc1cc(F)cc(C2CC(C(=O)O)CN2)c1Br. The van der Waals surface area contributed by atoms with E-state index in [1.807, 2.05) is 0 Å². The molecule has 18 heavy (non-hydrogen) atoms. The molecule has 1 aliphatic heterocycles. The maximum atomic E-state index is 13.5. The number of hydrogen-bond acceptors (Lipinski definition) is 3. The quantitative estimate of drug-likeness (QED) is 0.898. The number of methoxy groups -OCH3 is 1. The largest absolute Gasteiger partial charge is 0.495 e. The van der Waals surface area contributed by atoms with Gasteiger partial charge in [0.1, 0.15) is 11.6 Å². The molecular formula is C12H13BrFNO3. The number of nitrogens with one attached hydrogen (secondary N) is 1. The lowest BCUT2D eigenvalue weighted by Gasteiger charge is -2.15. The van der Waals surface area contributed by atoms with Crippen molar-refractivity contribution in [2.24, 2.45) is 5.92 Å². The Labute approximate surface area is 112 Å². The fourth-order valence-corrected chi connectivity index (χ4v) is 2.81. The molecule has 0 spiro atoms. The molecule has 0 amide bonds. The van der Waals surface area contributed by atoms with Gasteiger partial charge in [0.15, 0.2) is 0 Å². The van der Waals surface area contributed by atoms with Crippen LogP contribution in [0.1, 0.15) is 18.0 Å². The third-order valence-corrected chi connectivity index (χ3v) is 3.96. The molecule has 1 saturated heterocycles. The molecule has 6 heteroatoms. The second-order valence-electron chi connectivity index (χ2n) is 4.24. The highest BCUT2D eigenvalue weighted by atomic mass is 79.9. The van der Waals surface area contributed by atoms with E-state index in [2.05, 4.69) is 21.2 Å². The minimum absolute atomic E-state index is 0.176. The summed E-state index contributed by atoms with van der Waals surface area (Å²) < 4.78 is 19.2. The van der Waals surface area contributed by atoms with Crippen molar-refractivity contribution in [2.45, 2.75) is 12.5 Å². The van der Waals surface area contributed by atoms with Crippen molar-refractivity contribution in [1.82, 2.24) is 5.32 Å². The zero-order valence-electron chi connectivity index (χ0n) is 9.74. The van der Waals surface area contributed by atoms with E-state index in [4.69, 9.17) is 9.84 Å². The van der Waals surface area contributed by atoms with Crippen LogP contribution < -0.4 is 10.1 Å². The third-order valence-electron chi connectivity index (χ3n) is 3.11. The van der Waals surface area contributed by atoms with Crippen molar-refractivity contribution < 1.29 is 19.0 Å². The van der Waals surface area contributed by atoms with Crippen LogP contribution in [0.4, 0.5) is 4.39 Å². The minimum atomic E-state index is -0.829. The number of benzene rings is 1. The standard InChI is InChI=1S/C12H13BrFNO3/c1-18-10-4-7(14)3-8(11(10)13)9-2-6(5-15-9)12(16)17/h3-4,6,9,15H,2,5H2,1H3,(H,16,17). The van der Waals surface area contributed by atoms with Gasteiger partial charge in [0, 0.05) is 18.7 Å². The first-order valence-electron chi connectivity index (χ1n) is 5.52. The molecule has 2 atom stereocenters. The average molecular weight is 318 g/mol. The molecule has 4 nitrogen and oxygen atoms in total. The van der Waals surface area contributed by atoms with Crippen LogP contribution >= 0.6 is 15.9 Å². The Bertz CT molecular complexity index is 481. The molecule has 2 N–H and O–H groups in total. The summed E-state index contributed by atoms with van der Waals surface area (Å²) in [6.45, 7) is 0.394. The van der Waals surface area contributed by atoms with Gasteiger partial charge < -0.3 is 15.2 Å². The molecule has 1 aliphatic rings. The van der Waals surface area contributed by atoms with Crippen molar-refractivity contribution in [3.05, 3.63) is 28.0 Å². The first kappa shape index (κ1) is 13.3. The fourth-order valence-electron chi connectivity index (χ4n) is 2.15. The number of ether oxygens (including phenoxy) is 1. The maximum Gasteiger partial charge on any atom is 0.307 e. The lowest BCUT2D eigenvalue weighted by molar-refractivity contribution is -0.141. The van der Waals surface area contributed by atoms with Crippen molar-refractivity contribution in [3.63, 3.8) is 0 Å². The van der Waals surface area contributed by atoms with Crippen LogP contribution in [0.15, 0.2) is 16.6 Å². The maximum absolute atomic E-state index is 13.5. The molecule has 1 aromatic carbocycles. The predicted octanol–water partition coefficient (Wildman–Crippen LogP) is 2.33. The lowest BCUT2D eigenvalue weighted by atomic mass is 10.00. The number of rotatable bonds is 3. The van der Waals surface area contributed by atoms with E-state index in [0.717, 1.165) is 0 Å². The van der Waals surface area contributed by atoms with Crippen LogP contribution in [0.2, 0.25) is 0 Å². The molecule has 1 heterocycles. The molecule has 0 saturated carbocycles. The summed E-state index contributed by atoms with van der Waals surface area (Å²) in [5.74, 6) is -1.25. The first-order valence-corrected chi connectivity index (χ1v) is 6.31. The van der Waals surface area contributed by atoms with E-state index < -0.39 is 17.7 Å². The van der Waals surface area contributed by atoms with Crippen LogP contribution in [-0.2, 0) is 4.79 Å². The summed E-state index contributed by atoms with van der Waals surface area (Å²) in [5, 5.41) is 12.0. The van der Waals surface area contributed by atoms with Crippen molar-refractivity contribution in [2.75, 3.05) is 13.7 Å². The van der Waals surface area contributed by atoms with Crippen LogP contribution in [0.5, 0.6) is 5.75 Å². The Morgan fingerprint density at radius 1 is 1.61 bits per heavy atom. The summed E-state index contributed by atoms with van der Waals surface area (Å²) in [6, 6.07) is 2.51. The Hall–Kier alpha value is -1.14. The Kier molecular flexibility index (Phi) is 3.87. The highest BCUT2D eigenvalue weighted by molar-refractivity contribution is 9.10. The summed E-state index contributed by atoms with van der Waals surface area (Å²) in [4.78, 5) is 10.9. The van der Waals surface area contributed by atoms with E-state index in [0.29, 0.717) is 28.8 Å². The van der Waals surface area contributed by atoms with E-state index in [1.54, 1.807) is 0 Å². The zero-order chi connectivity index (χ0) is 13.3. The van der Waals surface area contributed by atoms with Gasteiger partial charge in [-0.25, -0.2) is 4.39 Å². The highest BCUT2D eigenvalue weighted by Crippen LogP contribution is 2.37. The van der Waals surface area contributed by atoms with E-state index >= 15 is 0 Å². The van der Waals surface area contributed by atoms with E-state index in [1.165, 1.54) is 19.2 Å². The predicted molar refractivity (Wildman–Crippen MR) is 67.1 cm³/mol. The number of aliphatic carboxylic acids is 1. The van der Waals surface area contributed by atoms with Crippen LogP contribution in [-0.4, -0.2) is 24.7 Å². The molecule has 1 aromatic rings. The Balaban J connectivity index is 2.29. The third kappa shape index (κ3) is 2.49. The molecule has 0 bridgehead atoms. The van der Waals surface area contributed by atoms with E-state index in [-0.39, 0.29) is 6.04 Å². The Morgan fingerprint density at radius 3 is 2.89 bits per heavy atom. The minimum Gasteiger partial charge on any atom is -0.495 e. The van der Waals surface area contributed by atoms with Gasteiger partial charge in [0.2, 0.25) is 0 Å². The number of carboxylic acids is 1. The van der Waals surface area contributed by atoms with Crippen LogP contribution in [0.25, 0.3) is 0 Å². The molecule has 0 aliphatic carbocycles. The first-order chi connectivity index (χ1) is 8.52. The van der Waals surface area contributed by atoms with Gasteiger partial charge in [-0.1, -0.05) is 0 Å². The van der Waals surface area contributed by atoms with Gasteiger partial charge in [-0.2, -0.15) is 0 Å². The van der Waals surface area contributed by atoms with Crippen molar-refractivity contribution in [1.29, 1.82) is 0 Å². The average Bonchev–Trinajstić information content (AvgIpc) is 2.81. The normalized spacial score (nSPS) is 23.1. The number of hydrogen-bond donors (Lipinski definition) is 2.